The zero-order chi connectivity index (χ0) is 13.1. The lowest BCUT2D eigenvalue weighted by Crippen LogP contribution is -2.46. The summed E-state index contributed by atoms with van der Waals surface area (Å²) in [6.45, 7) is 1.85. The zero-order valence-electron chi connectivity index (χ0n) is 10.0. The van der Waals surface area contributed by atoms with Gasteiger partial charge in [0.1, 0.15) is 0 Å². The topological polar surface area (TPSA) is 29.3 Å². The second-order valence-corrected chi connectivity index (χ2v) is 6.41. The van der Waals surface area contributed by atoms with Crippen LogP contribution in [0.3, 0.4) is 0 Å². The third-order valence-corrected chi connectivity index (χ3v) is 4.45. The third-order valence-electron chi connectivity index (χ3n) is 3.33. The first-order valence-corrected chi connectivity index (χ1v) is 7.63. The molecule has 1 atom stereocenters. The van der Waals surface area contributed by atoms with Gasteiger partial charge < -0.3 is 5.73 Å². The van der Waals surface area contributed by atoms with Gasteiger partial charge in [-0.1, -0.05) is 52.2 Å². The third kappa shape index (κ3) is 3.44. The van der Waals surface area contributed by atoms with E-state index in [1.807, 2.05) is 12.1 Å². The van der Waals surface area contributed by atoms with Gasteiger partial charge >= 0.3 is 0 Å². The van der Waals surface area contributed by atoms with Gasteiger partial charge in [-0.05, 0) is 37.1 Å². The highest BCUT2D eigenvalue weighted by atomic mass is 79.9. The maximum Gasteiger partial charge on any atom is 0.0902 e. The maximum atomic E-state index is 6.26. The summed E-state index contributed by atoms with van der Waals surface area (Å²) in [5.41, 5.74) is 6.95. The lowest BCUT2D eigenvalue weighted by Gasteiger charge is -2.35. The van der Waals surface area contributed by atoms with Crippen molar-refractivity contribution in [3.63, 3.8) is 0 Å². The summed E-state index contributed by atoms with van der Waals surface area (Å²) in [5.74, 6) is 0. The van der Waals surface area contributed by atoms with Crippen LogP contribution in [0, 0.1) is 0 Å². The molecule has 18 heavy (non-hydrogen) atoms. The lowest BCUT2D eigenvalue weighted by atomic mass is 10.0. The minimum atomic E-state index is 0.216. The van der Waals surface area contributed by atoms with Gasteiger partial charge in [-0.15, -0.1) is 0 Å². The molecule has 0 bridgehead atoms. The molecule has 0 spiro atoms. The largest absolute Gasteiger partial charge is 0.392 e. The number of likely N-dealkylation sites (tertiary alicyclic amines) is 1. The van der Waals surface area contributed by atoms with E-state index in [1.54, 1.807) is 0 Å². The molecule has 98 valence electrons. The minimum Gasteiger partial charge on any atom is -0.392 e. The number of thiocarbonyl (C=S) groups is 1. The summed E-state index contributed by atoms with van der Waals surface area (Å²) in [4.78, 5) is 2.93. The Hall–Kier alpha value is -0.160. The molecule has 2 nitrogen and oxygen atoms in total. The van der Waals surface area contributed by atoms with Gasteiger partial charge in [0.25, 0.3) is 0 Å². The van der Waals surface area contributed by atoms with E-state index < -0.39 is 0 Å². The van der Waals surface area contributed by atoms with Crippen molar-refractivity contribution in [3.05, 3.63) is 33.3 Å². The Labute approximate surface area is 127 Å². The Kier molecular flexibility index (Phi) is 5.01. The van der Waals surface area contributed by atoms with Crippen LogP contribution in [0.1, 0.15) is 24.8 Å². The van der Waals surface area contributed by atoms with Crippen LogP contribution in [0.15, 0.2) is 22.7 Å². The SMILES string of the molecule is NC(=S)C1CCCCN1Cc1ccc(Br)cc1Cl. The molecule has 1 saturated heterocycles. The van der Waals surface area contributed by atoms with Crippen LogP contribution in [0.2, 0.25) is 5.02 Å². The molecular formula is C13H16BrClN2S. The molecule has 1 aliphatic rings. The molecule has 1 aromatic rings. The molecule has 0 aromatic heterocycles. The predicted octanol–water partition coefficient (Wildman–Crippen LogP) is 3.74. The van der Waals surface area contributed by atoms with Crippen LogP contribution in [-0.4, -0.2) is 22.5 Å². The Morgan fingerprint density at radius 3 is 2.94 bits per heavy atom. The average molecular weight is 348 g/mol. The van der Waals surface area contributed by atoms with Gasteiger partial charge in [0.15, 0.2) is 0 Å². The van der Waals surface area contributed by atoms with Gasteiger partial charge in [-0.2, -0.15) is 0 Å². The van der Waals surface area contributed by atoms with Crippen molar-refractivity contribution in [1.82, 2.24) is 4.90 Å². The fourth-order valence-electron chi connectivity index (χ4n) is 2.37. The van der Waals surface area contributed by atoms with Crippen molar-refractivity contribution >= 4 is 44.7 Å². The fourth-order valence-corrected chi connectivity index (χ4v) is 3.37. The number of piperidine rings is 1. The van der Waals surface area contributed by atoms with E-state index in [0.29, 0.717) is 4.99 Å². The van der Waals surface area contributed by atoms with Crippen LogP contribution in [0.25, 0.3) is 0 Å². The molecule has 1 fully saturated rings. The van der Waals surface area contributed by atoms with Crippen molar-refractivity contribution in [2.24, 2.45) is 5.73 Å². The van der Waals surface area contributed by atoms with Gasteiger partial charge in [0.05, 0.1) is 11.0 Å². The molecule has 2 N–H and O–H groups in total. The van der Waals surface area contributed by atoms with E-state index in [-0.39, 0.29) is 6.04 Å². The van der Waals surface area contributed by atoms with Crippen molar-refractivity contribution < 1.29 is 0 Å². The Balaban J connectivity index is 2.13. The summed E-state index contributed by atoms with van der Waals surface area (Å²) in [6, 6.07) is 6.21. The minimum absolute atomic E-state index is 0.216. The van der Waals surface area contributed by atoms with Crippen LogP contribution in [0.4, 0.5) is 0 Å². The maximum absolute atomic E-state index is 6.26. The van der Waals surface area contributed by atoms with E-state index >= 15 is 0 Å². The summed E-state index contributed by atoms with van der Waals surface area (Å²) in [6.07, 6.45) is 3.46. The first kappa shape index (κ1) is 14.3. The number of hydrogen-bond acceptors (Lipinski definition) is 2. The highest BCUT2D eigenvalue weighted by Crippen LogP contribution is 2.25. The molecule has 0 amide bonds. The normalized spacial score (nSPS) is 20.9. The first-order chi connectivity index (χ1) is 8.58. The van der Waals surface area contributed by atoms with E-state index in [4.69, 9.17) is 29.6 Å². The molecule has 1 aromatic carbocycles. The molecule has 0 saturated carbocycles. The van der Waals surface area contributed by atoms with Crippen molar-refractivity contribution in [1.29, 1.82) is 0 Å². The van der Waals surface area contributed by atoms with Crippen LogP contribution in [0.5, 0.6) is 0 Å². The van der Waals surface area contributed by atoms with Crippen LogP contribution >= 0.6 is 39.7 Å². The number of halogens is 2. The second kappa shape index (κ2) is 6.33. The molecule has 0 radical (unpaired) electrons. The molecule has 5 heteroatoms. The fraction of sp³-hybridized carbons (Fsp3) is 0.462. The Bertz CT molecular complexity index is 453. The van der Waals surface area contributed by atoms with E-state index in [1.165, 1.54) is 12.8 Å². The second-order valence-electron chi connectivity index (χ2n) is 4.62. The van der Waals surface area contributed by atoms with Crippen LogP contribution < -0.4 is 5.73 Å². The highest BCUT2D eigenvalue weighted by molar-refractivity contribution is 9.10. The molecular weight excluding hydrogens is 332 g/mol. The first-order valence-electron chi connectivity index (χ1n) is 6.05. The number of nitrogens with zero attached hydrogens (tertiary/aromatic N) is 1. The standard InChI is InChI=1S/C13H16BrClN2S/c14-10-5-4-9(11(15)7-10)8-17-6-2-1-3-12(17)13(16)18/h4-5,7,12H,1-3,6,8H2,(H2,16,18). The summed E-state index contributed by atoms with van der Waals surface area (Å²) < 4.78 is 1.00. The number of benzene rings is 1. The summed E-state index contributed by atoms with van der Waals surface area (Å²) in [5, 5.41) is 0.789. The quantitative estimate of drug-likeness (QED) is 0.845. The van der Waals surface area contributed by atoms with Crippen molar-refractivity contribution in [2.75, 3.05) is 6.54 Å². The zero-order valence-corrected chi connectivity index (χ0v) is 13.2. The summed E-state index contributed by atoms with van der Waals surface area (Å²) >= 11 is 14.8. The average Bonchev–Trinajstić information content (AvgIpc) is 2.33. The monoisotopic (exact) mass is 346 g/mol. The van der Waals surface area contributed by atoms with E-state index in [2.05, 4.69) is 26.9 Å². The van der Waals surface area contributed by atoms with E-state index in [0.717, 1.165) is 34.6 Å². The van der Waals surface area contributed by atoms with Crippen molar-refractivity contribution in [3.8, 4) is 0 Å². The Morgan fingerprint density at radius 1 is 1.50 bits per heavy atom. The predicted molar refractivity (Wildman–Crippen MR) is 84.0 cm³/mol. The number of nitrogens with two attached hydrogens (primary N) is 1. The highest BCUT2D eigenvalue weighted by Gasteiger charge is 2.24. The number of rotatable bonds is 3. The molecule has 2 rings (SSSR count). The van der Waals surface area contributed by atoms with Gasteiger partial charge in [0.2, 0.25) is 0 Å². The molecule has 1 unspecified atom stereocenters. The van der Waals surface area contributed by atoms with Gasteiger partial charge in [0, 0.05) is 16.0 Å². The van der Waals surface area contributed by atoms with Gasteiger partial charge in [-0.3, -0.25) is 4.90 Å². The molecule has 0 aliphatic carbocycles. The van der Waals surface area contributed by atoms with Gasteiger partial charge in [-0.25, -0.2) is 0 Å². The Morgan fingerprint density at radius 2 is 2.28 bits per heavy atom. The number of hydrogen-bond donors (Lipinski definition) is 1. The van der Waals surface area contributed by atoms with Crippen LogP contribution in [-0.2, 0) is 6.54 Å². The summed E-state index contributed by atoms with van der Waals surface area (Å²) in [7, 11) is 0. The van der Waals surface area contributed by atoms with Crippen molar-refractivity contribution in [2.45, 2.75) is 31.8 Å². The lowest BCUT2D eigenvalue weighted by molar-refractivity contribution is 0.184. The molecule has 1 aliphatic heterocycles. The smallest absolute Gasteiger partial charge is 0.0902 e. The molecule has 1 heterocycles. The van der Waals surface area contributed by atoms with E-state index in [9.17, 15) is 0 Å².